The summed E-state index contributed by atoms with van der Waals surface area (Å²) in [5.41, 5.74) is 18.2. The number of rotatable bonds is 17. The van der Waals surface area contributed by atoms with Gasteiger partial charge in [0.1, 0.15) is 23.9 Å². The molecule has 0 spiro atoms. The predicted molar refractivity (Wildman–Crippen MR) is 163 cm³/mol. The average molecular weight is 598 g/mol. The fourth-order valence-corrected chi connectivity index (χ4v) is 4.22. The zero-order valence-corrected chi connectivity index (χ0v) is 24.5. The number of carbonyl (C=O) groups is 4. The second-order valence-electron chi connectivity index (χ2n) is 10.4. The van der Waals surface area contributed by atoms with E-state index in [0.29, 0.717) is 24.0 Å². The summed E-state index contributed by atoms with van der Waals surface area (Å²) in [6.45, 7) is 3.92. The molecule has 0 saturated heterocycles. The molecule has 2 aromatic rings. The Kier molecular flexibility index (Phi) is 13.9. The summed E-state index contributed by atoms with van der Waals surface area (Å²) >= 11 is 0. The standard InChI is InChI=1S/C30H43N7O6/c1-3-18(2)25(31)28(41)35-22(10-7-15-34-30(32)33)26(39)36-23(16-20-11-13-21(38)14-12-20)27(40)37-24(29(42)43)17-19-8-5-4-6-9-19/h4-6,8-9,11-14,18,22-25,38H,3,7,10,15-17,31H2,1-2H3,(H,35,41)(H,36,39)(H,37,40)(H,42,43)(H4,32,33,34). The summed E-state index contributed by atoms with van der Waals surface area (Å²) in [7, 11) is 0. The van der Waals surface area contributed by atoms with Crippen molar-refractivity contribution < 1.29 is 29.4 Å². The van der Waals surface area contributed by atoms with Crippen LogP contribution in [0.1, 0.15) is 44.2 Å². The van der Waals surface area contributed by atoms with Crippen molar-refractivity contribution in [1.82, 2.24) is 16.0 Å². The van der Waals surface area contributed by atoms with E-state index >= 15 is 0 Å². The molecule has 0 fully saturated rings. The Hall–Kier alpha value is -4.65. The second-order valence-corrected chi connectivity index (χ2v) is 10.4. The number of carbonyl (C=O) groups excluding carboxylic acids is 3. The molecule has 2 aromatic carbocycles. The van der Waals surface area contributed by atoms with Crippen molar-refractivity contribution in [3.8, 4) is 5.75 Å². The minimum absolute atomic E-state index is 0.0173. The van der Waals surface area contributed by atoms with Crippen LogP contribution in [-0.2, 0) is 32.0 Å². The van der Waals surface area contributed by atoms with Crippen LogP contribution in [0.4, 0.5) is 0 Å². The number of carboxylic acid groups (broad SMARTS) is 1. The minimum atomic E-state index is -1.27. The first-order chi connectivity index (χ1) is 20.4. The molecule has 43 heavy (non-hydrogen) atoms. The van der Waals surface area contributed by atoms with Crippen molar-refractivity contribution in [2.45, 2.75) is 70.1 Å². The lowest BCUT2D eigenvalue weighted by atomic mass is 9.98. The topological polar surface area (TPSA) is 235 Å². The van der Waals surface area contributed by atoms with Crippen LogP contribution in [0.3, 0.4) is 0 Å². The molecule has 2 rings (SSSR count). The van der Waals surface area contributed by atoms with Gasteiger partial charge < -0.3 is 43.4 Å². The normalized spacial score (nSPS) is 14.3. The number of hydrogen-bond acceptors (Lipinski definition) is 7. The van der Waals surface area contributed by atoms with Crippen LogP contribution >= 0.6 is 0 Å². The third-order valence-electron chi connectivity index (χ3n) is 7.04. The van der Waals surface area contributed by atoms with Crippen LogP contribution in [-0.4, -0.2) is 70.6 Å². The van der Waals surface area contributed by atoms with Crippen molar-refractivity contribution in [1.29, 1.82) is 0 Å². The Bertz CT molecular complexity index is 1240. The molecular weight excluding hydrogens is 554 g/mol. The molecule has 5 unspecified atom stereocenters. The van der Waals surface area contributed by atoms with Gasteiger partial charge in [0, 0.05) is 19.4 Å². The first-order valence-corrected chi connectivity index (χ1v) is 14.2. The lowest BCUT2D eigenvalue weighted by Crippen LogP contribution is -2.58. The van der Waals surface area contributed by atoms with Gasteiger partial charge in [0.15, 0.2) is 5.96 Å². The molecule has 234 valence electrons. The van der Waals surface area contributed by atoms with Gasteiger partial charge in [0.25, 0.3) is 0 Å². The van der Waals surface area contributed by atoms with Gasteiger partial charge in [-0.1, -0.05) is 62.7 Å². The Labute approximate surface area is 251 Å². The number of nitrogens with zero attached hydrogens (tertiary/aromatic N) is 1. The number of phenols is 1. The van der Waals surface area contributed by atoms with Gasteiger partial charge in [-0.3, -0.25) is 19.4 Å². The Balaban J connectivity index is 2.30. The van der Waals surface area contributed by atoms with Crippen molar-refractivity contribution >= 4 is 29.7 Å². The number of nitrogens with one attached hydrogen (secondary N) is 3. The van der Waals surface area contributed by atoms with E-state index in [1.165, 1.54) is 12.1 Å². The summed E-state index contributed by atoms with van der Waals surface area (Å²) in [5.74, 6) is -3.40. The van der Waals surface area contributed by atoms with Crippen LogP contribution in [0.5, 0.6) is 5.75 Å². The average Bonchev–Trinajstić information content (AvgIpc) is 2.98. The van der Waals surface area contributed by atoms with E-state index in [1.807, 2.05) is 13.8 Å². The van der Waals surface area contributed by atoms with E-state index in [-0.39, 0.29) is 43.4 Å². The van der Waals surface area contributed by atoms with Gasteiger partial charge in [-0.15, -0.1) is 0 Å². The van der Waals surface area contributed by atoms with Crippen LogP contribution in [0.15, 0.2) is 59.6 Å². The summed E-state index contributed by atoms with van der Waals surface area (Å²) in [4.78, 5) is 55.9. The summed E-state index contributed by atoms with van der Waals surface area (Å²) in [5, 5.41) is 27.4. The van der Waals surface area contributed by atoms with E-state index < -0.39 is 47.9 Å². The molecule has 13 nitrogen and oxygen atoms in total. The summed E-state index contributed by atoms with van der Waals surface area (Å²) in [6, 6.07) is 10.4. The van der Waals surface area contributed by atoms with Gasteiger partial charge in [-0.05, 0) is 42.0 Å². The van der Waals surface area contributed by atoms with Crippen LogP contribution in [0.25, 0.3) is 0 Å². The number of amides is 3. The smallest absolute Gasteiger partial charge is 0.326 e. The SMILES string of the molecule is CCC(C)C(N)C(=O)NC(CCCN=C(N)N)C(=O)NC(Cc1ccc(O)cc1)C(=O)NC(Cc1ccccc1)C(=O)O. The van der Waals surface area contributed by atoms with Gasteiger partial charge in [0.2, 0.25) is 17.7 Å². The van der Waals surface area contributed by atoms with Crippen LogP contribution in [0.2, 0.25) is 0 Å². The van der Waals surface area contributed by atoms with E-state index in [1.54, 1.807) is 42.5 Å². The molecule has 13 heteroatoms. The van der Waals surface area contributed by atoms with Gasteiger partial charge in [-0.25, -0.2) is 4.79 Å². The fraction of sp³-hybridized carbons (Fsp3) is 0.433. The molecule has 0 aliphatic carbocycles. The van der Waals surface area contributed by atoms with Crippen LogP contribution < -0.4 is 33.2 Å². The number of aliphatic carboxylic acids is 1. The highest BCUT2D eigenvalue weighted by Gasteiger charge is 2.31. The Morgan fingerprint density at radius 3 is 1.93 bits per heavy atom. The molecule has 11 N–H and O–H groups in total. The lowest BCUT2D eigenvalue weighted by Gasteiger charge is -2.26. The Morgan fingerprint density at radius 2 is 1.35 bits per heavy atom. The van der Waals surface area contributed by atoms with Gasteiger partial charge in [-0.2, -0.15) is 0 Å². The van der Waals surface area contributed by atoms with Crippen molar-refractivity contribution in [2.24, 2.45) is 28.1 Å². The summed E-state index contributed by atoms with van der Waals surface area (Å²) < 4.78 is 0. The zero-order valence-electron chi connectivity index (χ0n) is 24.5. The first-order valence-electron chi connectivity index (χ1n) is 14.2. The number of hydrogen-bond donors (Lipinski definition) is 8. The molecule has 0 heterocycles. The molecule has 0 radical (unpaired) electrons. The first kappa shape index (κ1) is 34.6. The van der Waals surface area contributed by atoms with E-state index in [2.05, 4.69) is 20.9 Å². The highest BCUT2D eigenvalue weighted by molar-refractivity contribution is 5.94. The number of aromatic hydroxyl groups is 1. The quantitative estimate of drug-likeness (QED) is 0.0702. The van der Waals surface area contributed by atoms with Crippen molar-refractivity contribution in [2.75, 3.05) is 6.54 Å². The third kappa shape index (κ3) is 12.0. The number of guanidine groups is 1. The molecule has 5 atom stereocenters. The highest BCUT2D eigenvalue weighted by atomic mass is 16.4. The van der Waals surface area contributed by atoms with Crippen molar-refractivity contribution in [3.05, 3.63) is 65.7 Å². The van der Waals surface area contributed by atoms with Gasteiger partial charge in [0.05, 0.1) is 6.04 Å². The number of nitrogens with two attached hydrogens (primary N) is 3. The fourth-order valence-electron chi connectivity index (χ4n) is 4.22. The summed E-state index contributed by atoms with van der Waals surface area (Å²) in [6.07, 6.45) is 1.14. The molecular formula is C30H43N7O6. The maximum Gasteiger partial charge on any atom is 0.326 e. The van der Waals surface area contributed by atoms with E-state index in [9.17, 15) is 29.4 Å². The largest absolute Gasteiger partial charge is 0.508 e. The highest BCUT2D eigenvalue weighted by Crippen LogP contribution is 2.13. The van der Waals surface area contributed by atoms with Gasteiger partial charge >= 0.3 is 5.97 Å². The molecule has 0 saturated carbocycles. The lowest BCUT2D eigenvalue weighted by molar-refractivity contribution is -0.142. The monoisotopic (exact) mass is 597 g/mol. The molecule has 0 aliphatic heterocycles. The maximum absolute atomic E-state index is 13.6. The molecule has 3 amide bonds. The molecule has 0 bridgehead atoms. The Morgan fingerprint density at radius 1 is 0.814 bits per heavy atom. The number of carboxylic acids is 1. The van der Waals surface area contributed by atoms with Crippen molar-refractivity contribution in [3.63, 3.8) is 0 Å². The maximum atomic E-state index is 13.6. The number of aliphatic imine (C=N–C) groups is 1. The van der Waals surface area contributed by atoms with Crippen LogP contribution in [0, 0.1) is 5.92 Å². The van der Waals surface area contributed by atoms with E-state index in [0.717, 1.165) is 0 Å². The number of phenolic OH excluding ortho intramolecular Hbond substituents is 1. The molecule has 0 aromatic heterocycles. The number of benzene rings is 2. The minimum Gasteiger partial charge on any atom is -0.508 e. The molecule has 0 aliphatic rings. The third-order valence-corrected chi connectivity index (χ3v) is 7.04. The predicted octanol–water partition coefficient (Wildman–Crippen LogP) is 0.143. The van der Waals surface area contributed by atoms with E-state index in [4.69, 9.17) is 17.2 Å². The zero-order chi connectivity index (χ0) is 31.9. The second kappa shape index (κ2) is 17.3.